The van der Waals surface area contributed by atoms with Crippen LogP contribution in [0.1, 0.15) is 56.0 Å². The average molecular weight is 268 g/mol. The normalized spacial score (nSPS) is 14.2. The minimum Gasteiger partial charge on any atom is -0.396 e. The molecule has 1 amide bonds. The number of hydrogen-bond donors (Lipinski definition) is 2. The summed E-state index contributed by atoms with van der Waals surface area (Å²) in [6.45, 7) is 7.85. The Kier molecular flexibility index (Phi) is 6.02. The van der Waals surface area contributed by atoms with Gasteiger partial charge < -0.3 is 14.9 Å². The van der Waals surface area contributed by atoms with Crippen LogP contribution in [0.5, 0.6) is 0 Å². The van der Waals surface area contributed by atoms with Crippen molar-refractivity contribution in [2.24, 2.45) is 0 Å². The van der Waals surface area contributed by atoms with Gasteiger partial charge in [-0.15, -0.1) is 0 Å². The molecule has 0 saturated heterocycles. The van der Waals surface area contributed by atoms with E-state index in [4.69, 9.17) is 9.63 Å². The summed E-state index contributed by atoms with van der Waals surface area (Å²) in [6, 6.07) is 0.0503. The van der Waals surface area contributed by atoms with Gasteiger partial charge in [0, 0.05) is 24.6 Å². The van der Waals surface area contributed by atoms with Crippen molar-refractivity contribution >= 4 is 5.91 Å². The highest BCUT2D eigenvalue weighted by atomic mass is 16.5. The Balaban J connectivity index is 2.57. The van der Waals surface area contributed by atoms with E-state index < -0.39 is 0 Å². The predicted octanol–water partition coefficient (Wildman–Crippen LogP) is 2.06. The molecule has 0 aliphatic heterocycles. The minimum absolute atomic E-state index is 0.00722. The van der Waals surface area contributed by atoms with Gasteiger partial charge in [0.1, 0.15) is 5.76 Å². The van der Waals surface area contributed by atoms with Gasteiger partial charge in [-0.05, 0) is 32.6 Å². The number of rotatable bonds is 7. The number of aliphatic hydroxyl groups excluding tert-OH is 1. The van der Waals surface area contributed by atoms with Crippen molar-refractivity contribution in [3.63, 3.8) is 0 Å². The number of amides is 1. The SMILES string of the molecule is CCC(CCO)NC(=O)CC(C)c1c(C)noc1C. The number of aliphatic hydroxyl groups is 1. The van der Waals surface area contributed by atoms with Gasteiger partial charge in [0.25, 0.3) is 0 Å². The molecule has 0 spiro atoms. The molecule has 0 aliphatic carbocycles. The number of carbonyl (C=O) groups is 1. The van der Waals surface area contributed by atoms with Gasteiger partial charge in [-0.25, -0.2) is 0 Å². The average Bonchev–Trinajstić information content (AvgIpc) is 2.68. The summed E-state index contributed by atoms with van der Waals surface area (Å²) in [4.78, 5) is 12.0. The molecular weight excluding hydrogens is 244 g/mol. The summed E-state index contributed by atoms with van der Waals surface area (Å²) in [7, 11) is 0. The summed E-state index contributed by atoms with van der Waals surface area (Å²) in [5, 5.41) is 15.8. The van der Waals surface area contributed by atoms with Crippen LogP contribution in [0.3, 0.4) is 0 Å². The van der Waals surface area contributed by atoms with Gasteiger partial charge >= 0.3 is 0 Å². The van der Waals surface area contributed by atoms with E-state index in [2.05, 4.69) is 10.5 Å². The third-order valence-corrected chi connectivity index (χ3v) is 3.41. The molecule has 1 aromatic rings. The maximum absolute atomic E-state index is 12.0. The van der Waals surface area contributed by atoms with Gasteiger partial charge in [-0.1, -0.05) is 19.0 Å². The molecule has 19 heavy (non-hydrogen) atoms. The van der Waals surface area contributed by atoms with Gasteiger partial charge in [0.15, 0.2) is 0 Å². The highest BCUT2D eigenvalue weighted by Gasteiger charge is 2.20. The molecule has 2 atom stereocenters. The number of aromatic nitrogens is 1. The number of carbonyl (C=O) groups excluding carboxylic acids is 1. The first kappa shape index (κ1) is 15.7. The van der Waals surface area contributed by atoms with E-state index in [1.165, 1.54) is 0 Å². The van der Waals surface area contributed by atoms with Crippen LogP contribution in [0.4, 0.5) is 0 Å². The van der Waals surface area contributed by atoms with Crippen LogP contribution < -0.4 is 5.32 Å². The smallest absolute Gasteiger partial charge is 0.220 e. The number of nitrogens with one attached hydrogen (secondary N) is 1. The number of hydrogen-bond acceptors (Lipinski definition) is 4. The third kappa shape index (κ3) is 4.35. The van der Waals surface area contributed by atoms with Crippen LogP contribution in [0.25, 0.3) is 0 Å². The topological polar surface area (TPSA) is 75.4 Å². The molecule has 5 heteroatoms. The van der Waals surface area contributed by atoms with Crippen LogP contribution in [0.2, 0.25) is 0 Å². The number of aryl methyl sites for hydroxylation is 2. The Morgan fingerprint density at radius 2 is 2.16 bits per heavy atom. The first-order valence-corrected chi connectivity index (χ1v) is 6.82. The van der Waals surface area contributed by atoms with Gasteiger partial charge in [-0.3, -0.25) is 4.79 Å². The third-order valence-electron chi connectivity index (χ3n) is 3.41. The Bertz CT molecular complexity index is 395. The van der Waals surface area contributed by atoms with Gasteiger partial charge in [-0.2, -0.15) is 0 Å². The van der Waals surface area contributed by atoms with Gasteiger partial charge in [0.05, 0.1) is 5.69 Å². The highest BCUT2D eigenvalue weighted by molar-refractivity contribution is 5.77. The molecule has 2 unspecified atom stereocenters. The molecule has 1 heterocycles. The van der Waals surface area contributed by atoms with E-state index in [0.717, 1.165) is 23.4 Å². The summed E-state index contributed by atoms with van der Waals surface area (Å²) in [6.07, 6.45) is 1.83. The Hall–Kier alpha value is -1.36. The van der Waals surface area contributed by atoms with Crippen molar-refractivity contribution in [1.29, 1.82) is 0 Å². The van der Waals surface area contributed by atoms with Crippen molar-refractivity contribution in [2.45, 2.75) is 58.9 Å². The largest absolute Gasteiger partial charge is 0.396 e. The molecule has 0 fully saturated rings. The van der Waals surface area contributed by atoms with Crippen molar-refractivity contribution in [3.8, 4) is 0 Å². The van der Waals surface area contributed by atoms with E-state index in [1.54, 1.807) is 0 Å². The molecule has 2 N–H and O–H groups in total. The Morgan fingerprint density at radius 3 is 2.63 bits per heavy atom. The molecular formula is C14H24N2O3. The van der Waals surface area contributed by atoms with Crippen LogP contribution in [0.15, 0.2) is 4.52 Å². The molecule has 0 radical (unpaired) electrons. The van der Waals surface area contributed by atoms with Crippen LogP contribution in [-0.4, -0.2) is 28.8 Å². The minimum atomic E-state index is 0.00722. The quantitative estimate of drug-likeness (QED) is 0.793. The molecule has 5 nitrogen and oxygen atoms in total. The first-order valence-electron chi connectivity index (χ1n) is 6.82. The molecule has 108 valence electrons. The predicted molar refractivity (Wildman–Crippen MR) is 72.9 cm³/mol. The summed E-state index contributed by atoms with van der Waals surface area (Å²) < 4.78 is 5.12. The van der Waals surface area contributed by atoms with Gasteiger partial charge in [0.2, 0.25) is 5.91 Å². The van der Waals surface area contributed by atoms with E-state index in [1.807, 2.05) is 27.7 Å². The lowest BCUT2D eigenvalue weighted by Gasteiger charge is -2.17. The monoisotopic (exact) mass is 268 g/mol. The van der Waals surface area contributed by atoms with E-state index in [9.17, 15) is 4.79 Å². The fourth-order valence-corrected chi connectivity index (χ4v) is 2.39. The second-order valence-corrected chi connectivity index (χ2v) is 5.03. The summed E-state index contributed by atoms with van der Waals surface area (Å²) in [5.74, 6) is 0.867. The Morgan fingerprint density at radius 1 is 1.47 bits per heavy atom. The standard InChI is InChI=1S/C14H24N2O3/c1-5-12(6-7-17)15-13(18)8-9(2)14-10(3)16-19-11(14)4/h9,12,17H,5-8H2,1-4H3,(H,15,18). The lowest BCUT2D eigenvalue weighted by molar-refractivity contribution is -0.122. The van der Waals surface area contributed by atoms with Crippen molar-refractivity contribution in [2.75, 3.05) is 6.61 Å². The fraction of sp³-hybridized carbons (Fsp3) is 0.714. The zero-order chi connectivity index (χ0) is 14.4. The van der Waals surface area contributed by atoms with Crippen LogP contribution in [0, 0.1) is 13.8 Å². The van der Waals surface area contributed by atoms with Crippen molar-refractivity contribution in [1.82, 2.24) is 10.5 Å². The fourth-order valence-electron chi connectivity index (χ4n) is 2.39. The van der Waals surface area contributed by atoms with Crippen LogP contribution >= 0.6 is 0 Å². The molecule has 1 rings (SSSR count). The lowest BCUT2D eigenvalue weighted by Crippen LogP contribution is -2.35. The highest BCUT2D eigenvalue weighted by Crippen LogP contribution is 2.25. The lowest BCUT2D eigenvalue weighted by atomic mass is 9.95. The second-order valence-electron chi connectivity index (χ2n) is 5.03. The Labute approximate surface area is 114 Å². The molecule has 0 aliphatic rings. The molecule has 1 aromatic heterocycles. The molecule has 0 saturated carbocycles. The van der Waals surface area contributed by atoms with Crippen molar-refractivity contribution < 1.29 is 14.4 Å². The molecule has 0 aromatic carbocycles. The first-order chi connectivity index (χ1) is 8.99. The molecule has 0 bridgehead atoms. The van der Waals surface area contributed by atoms with Crippen molar-refractivity contribution in [3.05, 3.63) is 17.0 Å². The zero-order valence-corrected chi connectivity index (χ0v) is 12.2. The maximum Gasteiger partial charge on any atom is 0.220 e. The second kappa shape index (κ2) is 7.28. The van der Waals surface area contributed by atoms with E-state index in [0.29, 0.717) is 12.8 Å². The van der Waals surface area contributed by atoms with Crippen LogP contribution in [-0.2, 0) is 4.79 Å². The maximum atomic E-state index is 12.0. The van der Waals surface area contributed by atoms with E-state index >= 15 is 0 Å². The summed E-state index contributed by atoms with van der Waals surface area (Å²) in [5.41, 5.74) is 1.87. The zero-order valence-electron chi connectivity index (χ0n) is 12.2. The number of nitrogens with zero attached hydrogens (tertiary/aromatic N) is 1. The van der Waals surface area contributed by atoms with E-state index in [-0.39, 0.29) is 24.5 Å². The summed E-state index contributed by atoms with van der Waals surface area (Å²) >= 11 is 0.